The van der Waals surface area contributed by atoms with Gasteiger partial charge in [-0.2, -0.15) is 0 Å². The number of carbonyl (C=O) groups is 3. The average Bonchev–Trinajstić information content (AvgIpc) is 2.17. The third kappa shape index (κ3) is 4.09. The molecule has 1 aromatic carbocycles. The van der Waals surface area contributed by atoms with Crippen LogP contribution in [0.2, 0.25) is 0 Å². The molecule has 7 nitrogen and oxygen atoms in total. The maximum absolute atomic E-state index is 10.5. The number of benzene rings is 1. The summed E-state index contributed by atoms with van der Waals surface area (Å²) in [4.78, 5) is 29.3. The second kappa shape index (κ2) is 6.02. The largest absolute Gasteiger partial charge is 0.483 e. The summed E-state index contributed by atoms with van der Waals surface area (Å²) in [6.07, 6.45) is 0. The molecular formula is C9H9NO6. The van der Waals surface area contributed by atoms with Crippen molar-refractivity contribution >= 4 is 24.1 Å². The Kier molecular flexibility index (Phi) is 5.05. The molecule has 0 spiro atoms. The first-order valence-corrected chi connectivity index (χ1v) is 3.87. The van der Waals surface area contributed by atoms with Gasteiger partial charge >= 0.3 is 11.9 Å². The molecule has 1 aromatic rings. The molecule has 0 heterocycles. The quantitative estimate of drug-likeness (QED) is 0.422. The van der Waals surface area contributed by atoms with E-state index in [1.807, 2.05) is 0 Å². The maximum atomic E-state index is 10.5. The Balaban J connectivity index is 0.000000673. The first-order chi connectivity index (χ1) is 7.42. The molecule has 0 amide bonds. The van der Waals surface area contributed by atoms with Gasteiger partial charge in [0.25, 0.3) is 6.47 Å². The monoisotopic (exact) mass is 227 g/mol. The summed E-state index contributed by atoms with van der Waals surface area (Å²) in [5.74, 6) is -2.40. The Morgan fingerprint density at radius 3 is 1.62 bits per heavy atom. The van der Waals surface area contributed by atoms with E-state index in [1.165, 1.54) is 12.1 Å². The molecule has 0 saturated heterocycles. The lowest BCUT2D eigenvalue weighted by Crippen LogP contribution is -2.03. The molecule has 0 aliphatic heterocycles. The Morgan fingerprint density at radius 1 is 1.06 bits per heavy atom. The highest BCUT2D eigenvalue weighted by Gasteiger charge is 2.09. The Hall–Kier alpha value is -2.57. The standard InChI is InChI=1S/C8H7NO4.CH2O2/c9-6-2-4(7(10)11)1-5(3-6)8(12)13;2-1-3/h1-3H,9H2,(H,10,11)(H,12,13);1H,(H,2,3). The van der Waals surface area contributed by atoms with Crippen molar-refractivity contribution in [3.63, 3.8) is 0 Å². The van der Waals surface area contributed by atoms with Crippen LogP contribution in [0.15, 0.2) is 18.2 Å². The van der Waals surface area contributed by atoms with Gasteiger partial charge < -0.3 is 21.1 Å². The average molecular weight is 227 g/mol. The summed E-state index contributed by atoms with van der Waals surface area (Å²) in [5, 5.41) is 24.0. The highest BCUT2D eigenvalue weighted by molar-refractivity contribution is 5.95. The van der Waals surface area contributed by atoms with Gasteiger partial charge in [0, 0.05) is 5.69 Å². The lowest BCUT2D eigenvalue weighted by Gasteiger charge is -1.99. The molecule has 0 saturated carbocycles. The summed E-state index contributed by atoms with van der Waals surface area (Å²) in [6.45, 7) is -0.250. The molecule has 0 unspecified atom stereocenters. The van der Waals surface area contributed by atoms with Crippen LogP contribution in [-0.4, -0.2) is 33.7 Å². The van der Waals surface area contributed by atoms with E-state index in [1.54, 1.807) is 0 Å². The predicted molar refractivity (Wildman–Crippen MR) is 53.5 cm³/mol. The SMILES string of the molecule is Nc1cc(C(=O)O)cc(C(=O)O)c1.O=CO. The lowest BCUT2D eigenvalue weighted by molar-refractivity contribution is -0.122. The smallest absolute Gasteiger partial charge is 0.335 e. The molecule has 0 aliphatic rings. The molecule has 0 aromatic heterocycles. The molecule has 0 bridgehead atoms. The fourth-order valence-electron chi connectivity index (χ4n) is 0.899. The number of carboxylic acids is 2. The van der Waals surface area contributed by atoms with Crippen LogP contribution in [0.25, 0.3) is 0 Å². The number of rotatable bonds is 2. The first kappa shape index (κ1) is 13.4. The molecule has 0 radical (unpaired) electrons. The predicted octanol–water partition coefficient (Wildman–Crippen LogP) is 0.366. The van der Waals surface area contributed by atoms with E-state index in [9.17, 15) is 9.59 Å². The van der Waals surface area contributed by atoms with Gasteiger partial charge in [-0.3, -0.25) is 4.79 Å². The minimum absolute atomic E-state index is 0.123. The highest BCUT2D eigenvalue weighted by atomic mass is 16.4. The van der Waals surface area contributed by atoms with Crippen molar-refractivity contribution in [2.24, 2.45) is 0 Å². The van der Waals surface area contributed by atoms with E-state index in [2.05, 4.69) is 0 Å². The third-order valence-corrected chi connectivity index (χ3v) is 1.45. The van der Waals surface area contributed by atoms with Gasteiger partial charge in [-0.1, -0.05) is 0 Å². The van der Waals surface area contributed by atoms with Crippen molar-refractivity contribution in [1.82, 2.24) is 0 Å². The minimum atomic E-state index is -1.20. The van der Waals surface area contributed by atoms with Crippen molar-refractivity contribution in [1.29, 1.82) is 0 Å². The second-order valence-electron chi connectivity index (χ2n) is 2.56. The maximum Gasteiger partial charge on any atom is 0.335 e. The number of anilines is 1. The number of nitrogen functional groups attached to an aromatic ring is 1. The zero-order valence-corrected chi connectivity index (χ0v) is 7.95. The topological polar surface area (TPSA) is 138 Å². The van der Waals surface area contributed by atoms with Crippen molar-refractivity contribution in [3.05, 3.63) is 29.3 Å². The Labute approximate surface area is 89.7 Å². The summed E-state index contributed by atoms with van der Waals surface area (Å²) in [6, 6.07) is 3.46. The molecule has 7 heteroatoms. The second-order valence-corrected chi connectivity index (χ2v) is 2.56. The molecule has 5 N–H and O–H groups in total. The van der Waals surface area contributed by atoms with Crippen LogP contribution in [0.3, 0.4) is 0 Å². The molecule has 1 rings (SSSR count). The van der Waals surface area contributed by atoms with Crippen LogP contribution in [0.5, 0.6) is 0 Å². The number of nitrogens with two attached hydrogens (primary N) is 1. The summed E-state index contributed by atoms with van der Waals surface area (Å²) < 4.78 is 0. The zero-order chi connectivity index (χ0) is 12.7. The van der Waals surface area contributed by atoms with Crippen LogP contribution in [0.4, 0.5) is 5.69 Å². The minimum Gasteiger partial charge on any atom is -0.483 e. The summed E-state index contributed by atoms with van der Waals surface area (Å²) in [5.41, 5.74) is 5.18. The molecule has 0 aliphatic carbocycles. The van der Waals surface area contributed by atoms with E-state index in [0.29, 0.717) is 0 Å². The fourth-order valence-corrected chi connectivity index (χ4v) is 0.899. The summed E-state index contributed by atoms with van der Waals surface area (Å²) in [7, 11) is 0. The lowest BCUT2D eigenvalue weighted by atomic mass is 10.1. The van der Waals surface area contributed by atoms with Crippen molar-refractivity contribution in [2.45, 2.75) is 0 Å². The van der Waals surface area contributed by atoms with Crippen molar-refractivity contribution < 1.29 is 29.7 Å². The Morgan fingerprint density at radius 2 is 1.38 bits per heavy atom. The van der Waals surface area contributed by atoms with E-state index in [0.717, 1.165) is 6.07 Å². The number of hydrogen-bond donors (Lipinski definition) is 4. The first-order valence-electron chi connectivity index (χ1n) is 3.87. The molecule has 16 heavy (non-hydrogen) atoms. The van der Waals surface area contributed by atoms with Gasteiger partial charge in [0.05, 0.1) is 11.1 Å². The third-order valence-electron chi connectivity index (χ3n) is 1.45. The van der Waals surface area contributed by atoms with Gasteiger partial charge in [0.2, 0.25) is 0 Å². The van der Waals surface area contributed by atoms with Crippen molar-refractivity contribution in [2.75, 3.05) is 5.73 Å². The van der Waals surface area contributed by atoms with E-state index < -0.39 is 11.9 Å². The highest BCUT2D eigenvalue weighted by Crippen LogP contribution is 2.11. The van der Waals surface area contributed by atoms with Crippen LogP contribution in [0, 0.1) is 0 Å². The van der Waals surface area contributed by atoms with Crippen LogP contribution >= 0.6 is 0 Å². The van der Waals surface area contributed by atoms with Gasteiger partial charge in [-0.25, -0.2) is 9.59 Å². The zero-order valence-electron chi connectivity index (χ0n) is 7.95. The summed E-state index contributed by atoms with van der Waals surface area (Å²) >= 11 is 0. The Bertz CT molecular complexity index is 382. The van der Waals surface area contributed by atoms with Gasteiger partial charge in [-0.05, 0) is 18.2 Å². The number of aromatic carboxylic acids is 2. The van der Waals surface area contributed by atoms with Gasteiger partial charge in [-0.15, -0.1) is 0 Å². The van der Waals surface area contributed by atoms with Gasteiger partial charge in [0.15, 0.2) is 0 Å². The number of hydrogen-bond acceptors (Lipinski definition) is 4. The van der Waals surface area contributed by atoms with Crippen LogP contribution < -0.4 is 5.73 Å². The van der Waals surface area contributed by atoms with E-state index >= 15 is 0 Å². The van der Waals surface area contributed by atoms with Gasteiger partial charge in [0.1, 0.15) is 0 Å². The van der Waals surface area contributed by atoms with E-state index in [4.69, 9.17) is 25.8 Å². The fraction of sp³-hybridized carbons (Fsp3) is 0. The van der Waals surface area contributed by atoms with Crippen molar-refractivity contribution in [3.8, 4) is 0 Å². The normalized spacial score (nSPS) is 8.50. The van der Waals surface area contributed by atoms with E-state index in [-0.39, 0.29) is 23.3 Å². The molecule has 86 valence electrons. The molecule has 0 fully saturated rings. The molecular weight excluding hydrogens is 218 g/mol. The van der Waals surface area contributed by atoms with Crippen LogP contribution in [0.1, 0.15) is 20.7 Å². The molecule has 0 atom stereocenters. The number of carboxylic acid groups (broad SMARTS) is 3. The van der Waals surface area contributed by atoms with Crippen LogP contribution in [-0.2, 0) is 4.79 Å².